The average Bonchev–Trinajstić information content (AvgIpc) is 3.15. The number of nitrogens with zero attached hydrogens (tertiary/aromatic N) is 1. The van der Waals surface area contributed by atoms with Gasteiger partial charge in [0.05, 0.1) is 27.5 Å². The predicted octanol–water partition coefficient (Wildman–Crippen LogP) is 6.75. The Bertz CT molecular complexity index is 1350. The summed E-state index contributed by atoms with van der Waals surface area (Å²) in [5, 5.41) is 6.63. The van der Waals surface area contributed by atoms with Crippen molar-refractivity contribution in [3.05, 3.63) is 85.7 Å². The third-order valence-corrected chi connectivity index (χ3v) is 6.51. The number of nitrogens with one attached hydrogen (secondary N) is 2. The fraction of sp³-hybridized carbons (Fsp3) is 0.208. The SMILES string of the molecule is Cc1c(C(=O)Nc2cc(C(F)(F)F)ccc2Cl)oc2c1/C(=N/NC(=O)c1ccccc1Br)CCC2. The molecule has 0 aliphatic heterocycles. The molecule has 0 atom stereocenters. The summed E-state index contributed by atoms with van der Waals surface area (Å²) in [5.41, 5.74) is 3.43. The molecule has 3 aromatic rings. The van der Waals surface area contributed by atoms with Crippen molar-refractivity contribution < 1.29 is 27.2 Å². The van der Waals surface area contributed by atoms with E-state index in [-0.39, 0.29) is 16.5 Å². The van der Waals surface area contributed by atoms with Crippen LogP contribution in [0, 0.1) is 6.92 Å². The Hall–Kier alpha value is -3.11. The van der Waals surface area contributed by atoms with Crippen molar-refractivity contribution in [1.29, 1.82) is 0 Å². The summed E-state index contributed by atoms with van der Waals surface area (Å²) >= 11 is 9.33. The Balaban J connectivity index is 1.59. The largest absolute Gasteiger partial charge is 0.455 e. The van der Waals surface area contributed by atoms with Crippen molar-refractivity contribution in [3.8, 4) is 0 Å². The van der Waals surface area contributed by atoms with Gasteiger partial charge in [0, 0.05) is 22.0 Å². The Morgan fingerprint density at radius 1 is 1.11 bits per heavy atom. The molecule has 0 radical (unpaired) electrons. The molecule has 1 aliphatic carbocycles. The smallest absolute Gasteiger partial charge is 0.416 e. The number of anilines is 1. The molecule has 0 saturated heterocycles. The van der Waals surface area contributed by atoms with Gasteiger partial charge in [-0.3, -0.25) is 9.59 Å². The quantitative estimate of drug-likeness (QED) is 0.342. The van der Waals surface area contributed by atoms with E-state index in [1.165, 1.54) is 0 Å². The maximum atomic E-state index is 13.1. The lowest BCUT2D eigenvalue weighted by Crippen LogP contribution is -2.22. The second-order valence-corrected chi connectivity index (χ2v) is 9.10. The number of carbonyl (C=O) groups excluding carboxylic acids is 2. The van der Waals surface area contributed by atoms with Crippen molar-refractivity contribution in [2.24, 2.45) is 5.10 Å². The molecule has 1 aliphatic rings. The molecule has 2 N–H and O–H groups in total. The lowest BCUT2D eigenvalue weighted by atomic mass is 9.93. The van der Waals surface area contributed by atoms with Gasteiger partial charge in [-0.25, -0.2) is 5.43 Å². The van der Waals surface area contributed by atoms with E-state index >= 15 is 0 Å². The average molecular weight is 569 g/mol. The number of fused-ring (bicyclic) bond motifs is 1. The van der Waals surface area contributed by atoms with Crippen LogP contribution in [0.5, 0.6) is 0 Å². The number of carbonyl (C=O) groups is 2. The molecule has 6 nitrogen and oxygen atoms in total. The molecule has 2 aromatic carbocycles. The molecule has 0 fully saturated rings. The molecule has 0 bridgehead atoms. The van der Waals surface area contributed by atoms with Crippen LogP contribution in [0.1, 0.15) is 56.2 Å². The Morgan fingerprint density at radius 3 is 2.57 bits per heavy atom. The number of benzene rings is 2. The molecule has 0 saturated carbocycles. The van der Waals surface area contributed by atoms with Gasteiger partial charge in [-0.05, 0) is 66.0 Å². The van der Waals surface area contributed by atoms with E-state index in [9.17, 15) is 22.8 Å². The number of hydrazone groups is 1. The van der Waals surface area contributed by atoms with Crippen LogP contribution in [0.2, 0.25) is 5.02 Å². The van der Waals surface area contributed by atoms with Gasteiger partial charge >= 0.3 is 6.18 Å². The second kappa shape index (κ2) is 9.87. The van der Waals surface area contributed by atoms with Gasteiger partial charge in [0.15, 0.2) is 5.76 Å². The molecule has 1 aromatic heterocycles. The summed E-state index contributed by atoms with van der Waals surface area (Å²) in [7, 11) is 0. The summed E-state index contributed by atoms with van der Waals surface area (Å²) in [6.45, 7) is 1.65. The van der Waals surface area contributed by atoms with E-state index in [1.807, 2.05) is 0 Å². The highest BCUT2D eigenvalue weighted by Gasteiger charge is 2.32. The van der Waals surface area contributed by atoms with Crippen LogP contribution < -0.4 is 10.7 Å². The van der Waals surface area contributed by atoms with E-state index in [4.69, 9.17) is 16.0 Å². The molecule has 1 heterocycles. The Morgan fingerprint density at radius 2 is 1.86 bits per heavy atom. The van der Waals surface area contributed by atoms with Crippen molar-refractivity contribution in [3.63, 3.8) is 0 Å². The summed E-state index contributed by atoms with van der Waals surface area (Å²) in [5.74, 6) is -0.691. The zero-order valence-corrected chi connectivity index (χ0v) is 20.6. The van der Waals surface area contributed by atoms with Crippen LogP contribution >= 0.6 is 27.5 Å². The minimum absolute atomic E-state index is 0.0441. The van der Waals surface area contributed by atoms with Crippen LogP contribution in [0.4, 0.5) is 18.9 Å². The van der Waals surface area contributed by atoms with Crippen LogP contribution in [0.15, 0.2) is 56.5 Å². The fourth-order valence-electron chi connectivity index (χ4n) is 3.80. The molecular weight excluding hydrogens is 551 g/mol. The summed E-state index contributed by atoms with van der Waals surface area (Å²) in [4.78, 5) is 25.4. The number of rotatable bonds is 4. The van der Waals surface area contributed by atoms with Crippen molar-refractivity contribution in [1.82, 2.24) is 5.43 Å². The summed E-state index contributed by atoms with van der Waals surface area (Å²) < 4.78 is 45.6. The van der Waals surface area contributed by atoms with Gasteiger partial charge in [0.2, 0.25) is 0 Å². The minimum Gasteiger partial charge on any atom is -0.455 e. The summed E-state index contributed by atoms with van der Waals surface area (Å²) in [6, 6.07) is 9.57. The Kier molecular flexibility index (Phi) is 7.05. The third kappa shape index (κ3) is 5.28. The number of halogens is 5. The zero-order valence-electron chi connectivity index (χ0n) is 18.2. The number of amides is 2. The topological polar surface area (TPSA) is 83.7 Å². The molecule has 0 unspecified atom stereocenters. The van der Waals surface area contributed by atoms with Gasteiger partial charge in [0.25, 0.3) is 11.8 Å². The lowest BCUT2D eigenvalue weighted by Gasteiger charge is -2.13. The highest BCUT2D eigenvalue weighted by Crippen LogP contribution is 2.35. The molecule has 2 amide bonds. The molecule has 11 heteroatoms. The second-order valence-electron chi connectivity index (χ2n) is 7.83. The zero-order chi connectivity index (χ0) is 25.3. The highest BCUT2D eigenvalue weighted by molar-refractivity contribution is 9.10. The number of aryl methyl sites for hydroxylation is 1. The van der Waals surface area contributed by atoms with Gasteiger partial charge in [-0.15, -0.1) is 0 Å². The summed E-state index contributed by atoms with van der Waals surface area (Å²) in [6.07, 6.45) is -2.81. The normalized spacial score (nSPS) is 14.5. The van der Waals surface area contributed by atoms with E-state index in [0.29, 0.717) is 51.9 Å². The van der Waals surface area contributed by atoms with Gasteiger partial charge < -0.3 is 9.73 Å². The van der Waals surface area contributed by atoms with E-state index in [0.717, 1.165) is 18.2 Å². The van der Waals surface area contributed by atoms with Crippen molar-refractivity contribution in [2.75, 3.05) is 5.32 Å². The highest BCUT2D eigenvalue weighted by atomic mass is 79.9. The van der Waals surface area contributed by atoms with Crippen molar-refractivity contribution >= 4 is 50.7 Å². The molecule has 0 spiro atoms. The molecule has 182 valence electrons. The molecular formula is C24H18BrClF3N3O3. The van der Waals surface area contributed by atoms with Crippen LogP contribution in [-0.2, 0) is 12.6 Å². The maximum absolute atomic E-state index is 13.1. The van der Waals surface area contributed by atoms with Gasteiger partial charge in [0.1, 0.15) is 5.76 Å². The van der Waals surface area contributed by atoms with E-state index in [2.05, 4.69) is 31.8 Å². The number of alkyl halides is 3. The lowest BCUT2D eigenvalue weighted by molar-refractivity contribution is -0.137. The van der Waals surface area contributed by atoms with E-state index < -0.39 is 23.6 Å². The van der Waals surface area contributed by atoms with Gasteiger partial charge in [-0.2, -0.15) is 18.3 Å². The molecule has 35 heavy (non-hydrogen) atoms. The third-order valence-electron chi connectivity index (χ3n) is 5.48. The standard InChI is InChI=1S/C24H18BrClF3N3O3/c1-12-20-17(31-32-22(33)14-5-2-3-6-15(14)25)7-4-8-19(20)35-21(12)23(34)30-18-11-13(24(27,28)29)9-10-16(18)26/h2-3,5-6,9-11H,4,7-8H2,1H3,(H,30,34)(H,32,33)/b31-17+. The number of hydrogen-bond donors (Lipinski definition) is 2. The van der Waals surface area contributed by atoms with Crippen LogP contribution in [0.3, 0.4) is 0 Å². The number of furan rings is 1. The first-order chi connectivity index (χ1) is 16.6. The maximum Gasteiger partial charge on any atom is 0.416 e. The first-order valence-electron chi connectivity index (χ1n) is 10.5. The van der Waals surface area contributed by atoms with Crippen LogP contribution in [0.25, 0.3) is 0 Å². The van der Waals surface area contributed by atoms with E-state index in [1.54, 1.807) is 31.2 Å². The monoisotopic (exact) mass is 567 g/mol. The first-order valence-corrected chi connectivity index (χ1v) is 11.7. The van der Waals surface area contributed by atoms with Crippen molar-refractivity contribution in [2.45, 2.75) is 32.4 Å². The fourth-order valence-corrected chi connectivity index (χ4v) is 4.43. The molecule has 4 rings (SSSR count). The van der Waals surface area contributed by atoms with Crippen LogP contribution in [-0.4, -0.2) is 17.5 Å². The number of hydrogen-bond acceptors (Lipinski definition) is 4. The van der Waals surface area contributed by atoms with Gasteiger partial charge in [-0.1, -0.05) is 23.7 Å². The minimum atomic E-state index is -4.59. The first kappa shape index (κ1) is 25.0. The predicted molar refractivity (Wildman–Crippen MR) is 129 cm³/mol. The Labute approximate surface area is 211 Å².